The molecule has 0 spiro atoms. The van der Waals surface area contributed by atoms with Crippen molar-refractivity contribution in [1.82, 2.24) is 0 Å². The second-order valence-electron chi connectivity index (χ2n) is 18.1. The number of allylic oxidation sites excluding steroid dienone is 13. The number of carbonyl (C=O) groups is 3. The number of esters is 2. The van der Waals surface area contributed by atoms with Gasteiger partial charge >= 0.3 is 33.6 Å². The third-order valence-electron chi connectivity index (χ3n) is 11.4. The van der Waals surface area contributed by atoms with Crippen molar-refractivity contribution in [1.29, 1.82) is 0 Å². The van der Waals surface area contributed by atoms with Crippen LogP contribution in [0.25, 0.3) is 0 Å². The lowest BCUT2D eigenvalue weighted by molar-refractivity contribution is -0.216. The number of unbranched alkanes of at least 4 members (excludes halogenated alkanes) is 10. The minimum atomic E-state index is -5.51. The molecule has 75 heavy (non-hydrogen) atoms. The van der Waals surface area contributed by atoms with Crippen LogP contribution in [-0.2, 0) is 46.6 Å². The van der Waals surface area contributed by atoms with Crippen LogP contribution in [0.4, 0.5) is 0 Å². The van der Waals surface area contributed by atoms with E-state index in [9.17, 15) is 63.7 Å². The van der Waals surface area contributed by atoms with Crippen LogP contribution in [0.5, 0.6) is 0 Å². The number of carbonyl (C=O) groups excluding carboxylic acids is 2. The molecule has 1 unspecified atom stereocenters. The summed E-state index contributed by atoms with van der Waals surface area (Å²) in [4.78, 5) is 66.7. The van der Waals surface area contributed by atoms with Crippen molar-refractivity contribution >= 4 is 45.3 Å². The third kappa shape index (κ3) is 35.1. The Morgan fingerprint density at radius 1 is 0.627 bits per heavy atom. The smallest absolute Gasteiger partial charge is 0.472 e. The van der Waals surface area contributed by atoms with Crippen molar-refractivity contribution in [3.05, 3.63) is 85.1 Å². The number of aliphatic hydroxyl groups excluding tert-OH is 5. The quantitative estimate of drug-likeness (QED) is 0.00929. The third-order valence-corrected chi connectivity index (χ3v) is 14.3. The van der Waals surface area contributed by atoms with Crippen molar-refractivity contribution in [2.75, 3.05) is 19.0 Å². The summed E-state index contributed by atoms with van der Waals surface area (Å²) in [5.74, 6) is -2.91. The Hall–Kier alpha value is -3.08. The molecule has 0 aliphatic heterocycles. The summed E-state index contributed by atoms with van der Waals surface area (Å²) in [5.41, 5.74) is 6.18. The zero-order chi connectivity index (χ0) is 55.9. The lowest BCUT2D eigenvalue weighted by Gasteiger charge is -2.43. The number of hydrogen-bond donors (Lipinski definition) is 10. The molecule has 11 atom stereocenters. The van der Waals surface area contributed by atoms with Crippen LogP contribution in [0.3, 0.4) is 0 Å². The maximum atomic E-state index is 13.2. The minimum absolute atomic E-state index is 0.0962. The van der Waals surface area contributed by atoms with Gasteiger partial charge in [-0.3, -0.25) is 28.0 Å². The van der Waals surface area contributed by atoms with Crippen LogP contribution in [0.2, 0.25) is 0 Å². The molecule has 1 saturated carbocycles. The molecule has 1 rings (SSSR count). The lowest BCUT2D eigenvalue weighted by Crippen LogP contribution is -2.64. The molecule has 0 radical (unpaired) electrons. The lowest BCUT2D eigenvalue weighted by atomic mass is 9.85. The molecule has 0 heterocycles. The van der Waals surface area contributed by atoms with Crippen molar-refractivity contribution in [3.8, 4) is 0 Å². The van der Waals surface area contributed by atoms with Gasteiger partial charge in [-0.05, 0) is 77.0 Å². The molecule has 1 aliphatic carbocycles. The summed E-state index contributed by atoms with van der Waals surface area (Å²) in [5, 5.41) is 60.6. The first kappa shape index (κ1) is 69.9. The second kappa shape index (κ2) is 41.9. The number of carboxylic acid groups (broad SMARTS) is 1. The Balaban J connectivity index is 3.00. The average molecular weight is 1120 g/mol. The van der Waals surface area contributed by atoms with Gasteiger partial charge in [0.2, 0.25) is 0 Å². The van der Waals surface area contributed by atoms with E-state index in [0.29, 0.717) is 12.8 Å². The predicted molar refractivity (Wildman–Crippen MR) is 288 cm³/mol. The Morgan fingerprint density at radius 3 is 1.71 bits per heavy atom. The van der Waals surface area contributed by atoms with Gasteiger partial charge in [0.05, 0.1) is 12.7 Å². The predicted octanol–water partition coefficient (Wildman–Crippen LogP) is 7.49. The first-order chi connectivity index (χ1) is 35.7. The maximum Gasteiger partial charge on any atom is 0.472 e. The maximum absolute atomic E-state index is 13.2. The van der Waals surface area contributed by atoms with E-state index in [-0.39, 0.29) is 31.4 Å². The van der Waals surface area contributed by atoms with Crippen LogP contribution in [0.1, 0.15) is 142 Å². The standard InChI is InChI=1S/C52H87NO19P2S/c1-3-5-7-9-11-13-15-17-18-19-20-21-23-25-27-29-31-36-45(57)70-40(38-69-74(66,67)72-51-49(61)47(59)46(58)48(60)50(51)71-73(63,64)65)37-68-52(62)41(53)39-75-43(42(54)33-32-35-44(55)56)34-30-28-26-24-22-16-14-12-10-8-6-4-2/h11-14,17-18,20-22,24,26,28,30,34,40-43,46-51,54,58-61H,3-10,15-16,19,23,25,27,29,31-33,35-39,53H2,1-2H3,(H,55,56)(H,66,67)(H2,63,64,65)/b13-11-,14-12-,18-17-,21-20-,24-22-,28-26+,34-30+/t40-,41+,42+,43-,46+,47+,48-,49-,50-,51+/m1/s1. The number of nitrogens with two attached hydrogens (primary N) is 1. The molecule has 0 bridgehead atoms. The van der Waals surface area contributed by atoms with Crippen molar-refractivity contribution in [3.63, 3.8) is 0 Å². The Labute approximate surface area is 447 Å². The van der Waals surface area contributed by atoms with E-state index in [4.69, 9.17) is 29.4 Å². The molecule has 0 aromatic heterocycles. The fourth-order valence-corrected chi connectivity index (χ4v) is 9.89. The molecular formula is C52H87NO19P2S. The van der Waals surface area contributed by atoms with E-state index >= 15 is 0 Å². The SMILES string of the molecule is CCCCC/C=C\C\C=C/C=C/C=C/[C@@H](SC[C@H](N)C(=O)OC[C@H](COP(=O)(O)O[C@H]1[C@H](O)[C@@H](O)[C@H](O)[C@@H](O)[C@H]1OP(=O)(O)O)OC(=O)CCCCCC/C=C\C/C=C\C/C=C\CCCCC)[C@@H](O)CCCC(=O)O. The molecule has 0 aromatic rings. The summed E-state index contributed by atoms with van der Waals surface area (Å²) >= 11 is 1.10. The summed E-state index contributed by atoms with van der Waals surface area (Å²) in [6.07, 6.45) is 26.9. The summed E-state index contributed by atoms with van der Waals surface area (Å²) in [7, 11) is -11.0. The fraction of sp³-hybridized carbons (Fsp3) is 0.673. The highest BCUT2D eigenvalue weighted by Crippen LogP contribution is 2.50. The number of aliphatic carboxylic acids is 1. The zero-order valence-electron chi connectivity index (χ0n) is 43.6. The number of ether oxygens (including phenoxy) is 2. The van der Waals surface area contributed by atoms with E-state index in [1.807, 2.05) is 18.2 Å². The number of phosphoric ester groups is 2. The fourth-order valence-electron chi connectivity index (χ4n) is 7.23. The second-order valence-corrected chi connectivity index (χ2v) is 21.9. The molecule has 0 saturated heterocycles. The highest BCUT2D eigenvalue weighted by atomic mass is 32.2. The Morgan fingerprint density at radius 2 is 1.15 bits per heavy atom. The van der Waals surface area contributed by atoms with Crippen LogP contribution in [0, 0.1) is 0 Å². The summed E-state index contributed by atoms with van der Waals surface area (Å²) in [6.45, 7) is 2.56. The molecule has 0 amide bonds. The van der Waals surface area contributed by atoms with Gasteiger partial charge in [0.1, 0.15) is 49.3 Å². The van der Waals surface area contributed by atoms with Gasteiger partial charge in [0.25, 0.3) is 0 Å². The summed E-state index contributed by atoms with van der Waals surface area (Å²) in [6, 6.07) is -1.32. The van der Waals surface area contributed by atoms with Crippen LogP contribution in [0.15, 0.2) is 85.1 Å². The van der Waals surface area contributed by atoms with Gasteiger partial charge in [-0.15, -0.1) is 11.8 Å². The highest BCUT2D eigenvalue weighted by molar-refractivity contribution is 8.00. The molecule has 0 aromatic carbocycles. The van der Waals surface area contributed by atoms with Gasteiger partial charge in [0, 0.05) is 23.8 Å². The van der Waals surface area contributed by atoms with Crippen molar-refractivity contribution in [2.45, 2.75) is 202 Å². The molecule has 20 nitrogen and oxygen atoms in total. The van der Waals surface area contributed by atoms with Crippen LogP contribution in [-0.4, -0.2) is 142 Å². The van der Waals surface area contributed by atoms with E-state index in [1.165, 1.54) is 25.7 Å². The van der Waals surface area contributed by atoms with Gasteiger partial charge in [0.15, 0.2) is 6.10 Å². The Kier molecular flexibility index (Phi) is 39.1. The largest absolute Gasteiger partial charge is 0.481 e. The van der Waals surface area contributed by atoms with Gasteiger partial charge in [-0.2, -0.15) is 0 Å². The molecular weight excluding hydrogens is 1040 g/mol. The van der Waals surface area contributed by atoms with Gasteiger partial charge in [-0.25, -0.2) is 9.13 Å². The number of phosphoric acid groups is 2. The number of carboxylic acids is 1. The topological polar surface area (TPSA) is 340 Å². The van der Waals surface area contributed by atoms with Crippen LogP contribution < -0.4 is 5.73 Å². The van der Waals surface area contributed by atoms with Crippen LogP contribution >= 0.6 is 27.4 Å². The molecule has 23 heteroatoms. The number of rotatable bonds is 43. The first-order valence-corrected chi connectivity index (χ1v) is 30.1. The average Bonchev–Trinajstić information content (AvgIpc) is 3.35. The van der Waals surface area contributed by atoms with Gasteiger partial charge < -0.3 is 60.5 Å². The van der Waals surface area contributed by atoms with Crippen molar-refractivity contribution in [2.24, 2.45) is 5.73 Å². The summed E-state index contributed by atoms with van der Waals surface area (Å²) < 4.78 is 50.0. The van der Waals surface area contributed by atoms with Crippen molar-refractivity contribution < 1.29 is 91.9 Å². The number of thioether (sulfide) groups is 1. The normalized spacial score (nSPS) is 22.3. The minimum Gasteiger partial charge on any atom is -0.481 e. The number of aliphatic hydroxyl groups is 5. The van der Waals surface area contributed by atoms with E-state index in [2.05, 4.69) is 67.0 Å². The zero-order valence-corrected chi connectivity index (χ0v) is 46.2. The van der Waals surface area contributed by atoms with E-state index in [1.54, 1.807) is 18.2 Å². The number of hydrogen-bond acceptors (Lipinski definition) is 17. The monoisotopic (exact) mass is 1120 g/mol. The van der Waals surface area contributed by atoms with E-state index in [0.717, 1.165) is 76.0 Å². The molecule has 11 N–H and O–H groups in total. The Bertz CT molecular complexity index is 1890. The van der Waals surface area contributed by atoms with E-state index < -0.39 is 107 Å². The first-order valence-electron chi connectivity index (χ1n) is 26.1. The molecule has 1 fully saturated rings. The molecule has 430 valence electrons. The van der Waals surface area contributed by atoms with Gasteiger partial charge in [-0.1, -0.05) is 137 Å². The molecule has 1 aliphatic rings. The highest BCUT2D eigenvalue weighted by Gasteiger charge is 2.54.